The van der Waals surface area contributed by atoms with E-state index in [9.17, 15) is 18.5 Å². The molecule has 1 N–H and O–H groups in total. The highest BCUT2D eigenvalue weighted by Crippen LogP contribution is 2.21. The summed E-state index contributed by atoms with van der Waals surface area (Å²) in [6.45, 7) is 5.06. The van der Waals surface area contributed by atoms with Crippen LogP contribution in [0.5, 0.6) is 0 Å². The summed E-state index contributed by atoms with van der Waals surface area (Å²) in [6, 6.07) is 3.72. The first-order valence-electron chi connectivity index (χ1n) is 5.58. The number of hydrogen-bond acceptors (Lipinski definition) is 5. The molecule has 0 radical (unpaired) electrons. The van der Waals surface area contributed by atoms with Crippen molar-refractivity contribution >= 4 is 21.4 Å². The molecule has 0 unspecified atom stereocenters. The molecule has 0 aliphatic heterocycles. The van der Waals surface area contributed by atoms with Crippen LogP contribution in [0.4, 0.5) is 5.69 Å². The molecule has 19 heavy (non-hydrogen) atoms. The molecule has 0 aliphatic rings. The first kappa shape index (κ1) is 15.1. The van der Waals surface area contributed by atoms with Gasteiger partial charge in [-0.2, -0.15) is 13.5 Å². The highest BCUT2D eigenvalue weighted by molar-refractivity contribution is 7.89. The van der Waals surface area contributed by atoms with Crippen LogP contribution in [0, 0.1) is 17.0 Å². The van der Waals surface area contributed by atoms with Gasteiger partial charge in [0.1, 0.15) is 0 Å². The number of nitrogens with zero attached hydrogens (tertiary/aromatic N) is 2. The van der Waals surface area contributed by atoms with Crippen LogP contribution in [0.2, 0.25) is 0 Å². The summed E-state index contributed by atoms with van der Waals surface area (Å²) in [5.74, 6) is 0. The summed E-state index contributed by atoms with van der Waals surface area (Å²) in [6.07, 6.45) is 0.608. The second-order valence-electron chi connectivity index (χ2n) is 4.00. The van der Waals surface area contributed by atoms with Crippen molar-refractivity contribution in [2.75, 3.05) is 0 Å². The summed E-state index contributed by atoms with van der Waals surface area (Å²) in [5.41, 5.74) is 0.779. The third-order valence-electron chi connectivity index (χ3n) is 2.56. The Labute approximate surface area is 111 Å². The lowest BCUT2D eigenvalue weighted by Gasteiger charge is -2.05. The number of nitro groups is 1. The lowest BCUT2D eigenvalue weighted by Crippen LogP contribution is -2.19. The van der Waals surface area contributed by atoms with E-state index in [1.54, 1.807) is 13.8 Å². The number of benzene rings is 1. The van der Waals surface area contributed by atoms with Gasteiger partial charge in [0.25, 0.3) is 15.7 Å². The number of hydrazone groups is 1. The molecule has 0 saturated heterocycles. The first-order valence-corrected chi connectivity index (χ1v) is 7.06. The van der Waals surface area contributed by atoms with Gasteiger partial charge in [-0.1, -0.05) is 13.0 Å². The van der Waals surface area contributed by atoms with E-state index in [4.69, 9.17) is 0 Å². The SMILES string of the molecule is CC/C(C)=N\NS(=O)(=O)c1ccc(C)c([N+](=O)[O-])c1. The van der Waals surface area contributed by atoms with Crippen LogP contribution < -0.4 is 4.83 Å². The molecular formula is C11H15N3O4S. The maximum Gasteiger partial charge on any atom is 0.276 e. The van der Waals surface area contributed by atoms with Gasteiger partial charge in [-0.15, -0.1) is 0 Å². The summed E-state index contributed by atoms with van der Waals surface area (Å²) >= 11 is 0. The number of rotatable bonds is 5. The van der Waals surface area contributed by atoms with Crippen molar-refractivity contribution in [3.8, 4) is 0 Å². The van der Waals surface area contributed by atoms with E-state index in [0.29, 0.717) is 17.7 Å². The fourth-order valence-electron chi connectivity index (χ4n) is 1.22. The minimum Gasteiger partial charge on any atom is -0.258 e. The number of nitro benzene ring substituents is 1. The minimum absolute atomic E-state index is 0.183. The van der Waals surface area contributed by atoms with Crippen molar-refractivity contribution in [3.05, 3.63) is 33.9 Å². The molecule has 0 aliphatic carbocycles. The fraction of sp³-hybridized carbons (Fsp3) is 0.364. The molecule has 7 nitrogen and oxygen atoms in total. The smallest absolute Gasteiger partial charge is 0.258 e. The highest BCUT2D eigenvalue weighted by Gasteiger charge is 2.19. The molecule has 0 bridgehead atoms. The van der Waals surface area contributed by atoms with E-state index in [1.165, 1.54) is 12.1 Å². The zero-order valence-electron chi connectivity index (χ0n) is 10.9. The Morgan fingerprint density at radius 2 is 2.11 bits per heavy atom. The third kappa shape index (κ3) is 3.75. The van der Waals surface area contributed by atoms with Crippen LogP contribution in [-0.4, -0.2) is 19.1 Å². The molecule has 0 amide bonds. The van der Waals surface area contributed by atoms with E-state index in [-0.39, 0.29) is 10.6 Å². The molecule has 1 aromatic rings. The zero-order chi connectivity index (χ0) is 14.6. The van der Waals surface area contributed by atoms with Crippen molar-refractivity contribution in [3.63, 3.8) is 0 Å². The van der Waals surface area contributed by atoms with Gasteiger partial charge in [0.15, 0.2) is 0 Å². The van der Waals surface area contributed by atoms with Gasteiger partial charge in [-0.3, -0.25) is 10.1 Å². The van der Waals surface area contributed by atoms with Crippen molar-refractivity contribution in [2.24, 2.45) is 5.10 Å². The second-order valence-corrected chi connectivity index (χ2v) is 5.66. The summed E-state index contributed by atoms with van der Waals surface area (Å²) < 4.78 is 23.8. The van der Waals surface area contributed by atoms with Gasteiger partial charge in [0.05, 0.1) is 9.82 Å². The molecular weight excluding hydrogens is 270 g/mol. The first-order chi connectivity index (χ1) is 8.77. The summed E-state index contributed by atoms with van der Waals surface area (Å²) in [4.78, 5) is 12.0. The van der Waals surface area contributed by atoms with Crippen molar-refractivity contribution in [2.45, 2.75) is 32.1 Å². The topological polar surface area (TPSA) is 102 Å². The van der Waals surface area contributed by atoms with Gasteiger partial charge < -0.3 is 0 Å². The quantitative estimate of drug-likeness (QED) is 0.507. The largest absolute Gasteiger partial charge is 0.276 e. The predicted molar refractivity (Wildman–Crippen MR) is 71.6 cm³/mol. The Balaban J connectivity index is 3.16. The Kier molecular flexibility index (Phi) is 4.60. The number of hydrogen-bond donors (Lipinski definition) is 1. The van der Waals surface area contributed by atoms with E-state index in [0.717, 1.165) is 6.07 Å². The van der Waals surface area contributed by atoms with Gasteiger partial charge in [0.2, 0.25) is 0 Å². The van der Waals surface area contributed by atoms with Gasteiger partial charge >= 0.3 is 0 Å². The lowest BCUT2D eigenvalue weighted by atomic mass is 10.2. The molecule has 0 spiro atoms. The number of aryl methyl sites for hydroxylation is 1. The van der Waals surface area contributed by atoms with Crippen LogP contribution in [-0.2, 0) is 10.0 Å². The van der Waals surface area contributed by atoms with Crippen molar-refractivity contribution in [1.82, 2.24) is 4.83 Å². The molecule has 104 valence electrons. The van der Waals surface area contributed by atoms with E-state index in [1.807, 2.05) is 11.8 Å². The monoisotopic (exact) mass is 285 g/mol. The molecule has 0 aromatic heterocycles. The maximum absolute atomic E-state index is 11.9. The van der Waals surface area contributed by atoms with Crippen LogP contribution in [0.15, 0.2) is 28.2 Å². The average Bonchev–Trinajstić information content (AvgIpc) is 2.35. The molecule has 0 saturated carbocycles. The predicted octanol–water partition coefficient (Wildman–Crippen LogP) is 1.97. The fourth-order valence-corrected chi connectivity index (χ4v) is 2.12. The molecule has 8 heteroatoms. The molecule has 0 heterocycles. The highest BCUT2D eigenvalue weighted by atomic mass is 32.2. The normalized spacial score (nSPS) is 12.3. The molecule has 1 aromatic carbocycles. The van der Waals surface area contributed by atoms with Crippen LogP contribution in [0.3, 0.4) is 0 Å². The zero-order valence-corrected chi connectivity index (χ0v) is 11.7. The van der Waals surface area contributed by atoms with Gasteiger partial charge in [-0.05, 0) is 26.3 Å². The Morgan fingerprint density at radius 3 is 2.63 bits per heavy atom. The molecule has 0 fully saturated rings. The second kappa shape index (κ2) is 5.79. The van der Waals surface area contributed by atoms with Crippen LogP contribution >= 0.6 is 0 Å². The van der Waals surface area contributed by atoms with Crippen LogP contribution in [0.1, 0.15) is 25.8 Å². The van der Waals surface area contributed by atoms with Gasteiger partial charge in [0, 0.05) is 17.3 Å². The Bertz CT molecular complexity index is 623. The van der Waals surface area contributed by atoms with Crippen molar-refractivity contribution in [1.29, 1.82) is 0 Å². The van der Waals surface area contributed by atoms with Crippen LogP contribution in [0.25, 0.3) is 0 Å². The van der Waals surface area contributed by atoms with Gasteiger partial charge in [-0.25, -0.2) is 4.83 Å². The summed E-state index contributed by atoms with van der Waals surface area (Å²) in [7, 11) is -3.88. The van der Waals surface area contributed by atoms with E-state index in [2.05, 4.69) is 5.10 Å². The maximum atomic E-state index is 11.9. The van der Waals surface area contributed by atoms with Crippen molar-refractivity contribution < 1.29 is 13.3 Å². The van der Waals surface area contributed by atoms with E-state index >= 15 is 0 Å². The molecule has 0 atom stereocenters. The number of sulfonamides is 1. The lowest BCUT2D eigenvalue weighted by molar-refractivity contribution is -0.385. The summed E-state index contributed by atoms with van der Waals surface area (Å²) in [5, 5.41) is 14.5. The van der Waals surface area contributed by atoms with E-state index < -0.39 is 14.9 Å². The standard InChI is InChI=1S/C11H15N3O4S/c1-4-9(3)12-13-19(17,18)10-6-5-8(2)11(7-10)14(15)16/h5-7,13H,4H2,1-3H3/b12-9-. The minimum atomic E-state index is -3.88. The molecule has 1 rings (SSSR count). The average molecular weight is 285 g/mol. The Morgan fingerprint density at radius 1 is 1.47 bits per heavy atom. The third-order valence-corrected chi connectivity index (χ3v) is 3.76. The Hall–Kier alpha value is -1.96. The number of nitrogens with one attached hydrogen (secondary N) is 1.